The largest absolute Gasteiger partial charge is 0.481 e. The molecule has 1 atom stereocenters. The number of ether oxygens (including phenoxy) is 2. The summed E-state index contributed by atoms with van der Waals surface area (Å²) in [7, 11) is 2.93. The molecule has 0 aromatic carbocycles. The first kappa shape index (κ1) is 14.6. The van der Waals surface area contributed by atoms with Gasteiger partial charge in [0.1, 0.15) is 5.15 Å². The lowest BCUT2D eigenvalue weighted by Crippen LogP contribution is -2.28. The smallest absolute Gasteiger partial charge is 0.234 e. The maximum atomic E-state index is 11.6. The summed E-state index contributed by atoms with van der Waals surface area (Å²) in [5, 5.41) is 2.68. The molecule has 1 rings (SSSR count). The number of nitrogens with two attached hydrogens (primary N) is 1. The van der Waals surface area contributed by atoms with Gasteiger partial charge in [0.05, 0.1) is 19.6 Å². The van der Waals surface area contributed by atoms with E-state index in [0.717, 1.165) is 0 Å². The minimum Gasteiger partial charge on any atom is -0.481 e. The summed E-state index contributed by atoms with van der Waals surface area (Å²) in [5.41, 5.74) is 5.42. The predicted molar refractivity (Wildman–Crippen MR) is 66.7 cm³/mol. The molecule has 0 radical (unpaired) electrons. The maximum absolute atomic E-state index is 11.6. The number of methoxy groups -OCH3 is 2. The number of anilines is 1. The molecule has 18 heavy (non-hydrogen) atoms. The van der Waals surface area contributed by atoms with Crippen molar-refractivity contribution in [3.8, 4) is 5.88 Å². The van der Waals surface area contributed by atoms with E-state index in [0.29, 0.717) is 0 Å². The van der Waals surface area contributed by atoms with Crippen molar-refractivity contribution in [3.63, 3.8) is 0 Å². The summed E-state index contributed by atoms with van der Waals surface area (Å²) in [6.45, 7) is 0.254. The highest BCUT2D eigenvalue weighted by Gasteiger charge is 2.13. The van der Waals surface area contributed by atoms with E-state index in [-0.39, 0.29) is 42.0 Å². The fourth-order valence-electron chi connectivity index (χ4n) is 1.20. The van der Waals surface area contributed by atoms with Crippen LogP contribution in [0.5, 0.6) is 5.88 Å². The molecular formula is C10H15ClN4O3. The van der Waals surface area contributed by atoms with Crippen LogP contribution in [0.15, 0.2) is 6.07 Å². The van der Waals surface area contributed by atoms with E-state index in [2.05, 4.69) is 15.3 Å². The Morgan fingerprint density at radius 3 is 2.83 bits per heavy atom. The monoisotopic (exact) mass is 274 g/mol. The Balaban J connectivity index is 2.66. The summed E-state index contributed by atoms with van der Waals surface area (Å²) < 4.78 is 9.91. The first-order valence-corrected chi connectivity index (χ1v) is 5.58. The molecule has 1 amide bonds. The van der Waals surface area contributed by atoms with Gasteiger partial charge in [-0.05, 0) is 0 Å². The van der Waals surface area contributed by atoms with Gasteiger partial charge in [0.2, 0.25) is 17.7 Å². The zero-order valence-corrected chi connectivity index (χ0v) is 10.9. The Hall–Kier alpha value is -1.44. The Bertz CT molecular complexity index is 412. The third kappa shape index (κ3) is 4.44. The number of rotatable bonds is 6. The van der Waals surface area contributed by atoms with Crippen LogP contribution in [0.4, 0.5) is 5.95 Å². The first-order chi connectivity index (χ1) is 8.58. The van der Waals surface area contributed by atoms with Gasteiger partial charge in [0.25, 0.3) is 0 Å². The van der Waals surface area contributed by atoms with E-state index < -0.39 is 0 Å². The lowest BCUT2D eigenvalue weighted by molar-refractivity contribution is -0.118. The van der Waals surface area contributed by atoms with Crippen molar-refractivity contribution < 1.29 is 14.3 Å². The molecule has 0 spiro atoms. The van der Waals surface area contributed by atoms with Crippen molar-refractivity contribution in [1.82, 2.24) is 9.97 Å². The Morgan fingerprint density at radius 1 is 1.56 bits per heavy atom. The molecule has 7 nitrogen and oxygen atoms in total. The molecule has 100 valence electrons. The summed E-state index contributed by atoms with van der Waals surface area (Å²) in [6.07, 6.45) is -0.225. The van der Waals surface area contributed by atoms with E-state index in [1.165, 1.54) is 20.3 Å². The summed E-state index contributed by atoms with van der Waals surface area (Å²) >= 11 is 5.75. The van der Waals surface area contributed by atoms with E-state index in [1.54, 1.807) is 0 Å². The molecular weight excluding hydrogens is 260 g/mol. The van der Waals surface area contributed by atoms with Gasteiger partial charge in [0, 0.05) is 19.7 Å². The van der Waals surface area contributed by atoms with Crippen LogP contribution >= 0.6 is 11.6 Å². The number of carbonyl (C=O) groups is 1. The molecule has 0 saturated carbocycles. The molecule has 1 aromatic heterocycles. The van der Waals surface area contributed by atoms with Gasteiger partial charge in [0.15, 0.2) is 0 Å². The number of nitrogens with zero attached hydrogens (tertiary/aromatic N) is 2. The first-order valence-electron chi connectivity index (χ1n) is 5.20. The zero-order valence-electron chi connectivity index (χ0n) is 10.1. The van der Waals surface area contributed by atoms with Crippen molar-refractivity contribution in [2.24, 2.45) is 5.73 Å². The highest BCUT2D eigenvalue weighted by molar-refractivity contribution is 6.29. The van der Waals surface area contributed by atoms with Gasteiger partial charge in [-0.3, -0.25) is 10.1 Å². The Labute approximate surface area is 110 Å². The molecule has 0 saturated heterocycles. The van der Waals surface area contributed by atoms with Crippen LogP contribution < -0.4 is 15.8 Å². The normalized spacial score (nSPS) is 12.0. The quantitative estimate of drug-likeness (QED) is 0.730. The van der Waals surface area contributed by atoms with Crippen molar-refractivity contribution in [2.75, 3.05) is 26.1 Å². The fourth-order valence-corrected chi connectivity index (χ4v) is 1.38. The van der Waals surface area contributed by atoms with Crippen LogP contribution in [0.3, 0.4) is 0 Å². The number of amides is 1. The summed E-state index contributed by atoms with van der Waals surface area (Å²) in [5.74, 6) is 0.0419. The van der Waals surface area contributed by atoms with Crippen molar-refractivity contribution >= 4 is 23.5 Å². The number of aromatic nitrogens is 2. The van der Waals surface area contributed by atoms with Gasteiger partial charge in [-0.1, -0.05) is 11.6 Å². The SMILES string of the molecule is COc1cc(Cl)nc(NC(=O)CC(CN)OC)n1. The zero-order chi connectivity index (χ0) is 13.5. The minimum atomic E-state index is -0.342. The van der Waals surface area contributed by atoms with Crippen LogP contribution in [0.2, 0.25) is 5.15 Å². The highest BCUT2D eigenvalue weighted by atomic mass is 35.5. The number of hydrogen-bond donors (Lipinski definition) is 2. The number of nitrogens with one attached hydrogen (secondary N) is 1. The van der Waals surface area contributed by atoms with Crippen molar-refractivity contribution in [1.29, 1.82) is 0 Å². The molecule has 3 N–H and O–H groups in total. The molecule has 0 aliphatic carbocycles. The van der Waals surface area contributed by atoms with Crippen molar-refractivity contribution in [3.05, 3.63) is 11.2 Å². The molecule has 8 heteroatoms. The van der Waals surface area contributed by atoms with Crippen LogP contribution in [0.25, 0.3) is 0 Å². The number of hydrogen-bond acceptors (Lipinski definition) is 6. The topological polar surface area (TPSA) is 99.4 Å². The van der Waals surface area contributed by atoms with E-state index in [4.69, 9.17) is 26.8 Å². The molecule has 0 aliphatic heterocycles. The summed E-state index contributed by atoms with van der Waals surface area (Å²) in [6, 6.07) is 1.44. The fraction of sp³-hybridized carbons (Fsp3) is 0.500. The number of carbonyl (C=O) groups excluding carboxylic acids is 1. The standard InChI is InChI=1S/C10H15ClN4O3/c1-17-6(5-12)3-8(16)14-10-13-7(11)4-9(15-10)18-2/h4,6H,3,5,12H2,1-2H3,(H,13,14,15,16). The second kappa shape index (κ2) is 7.10. The Kier molecular flexibility index (Phi) is 5.76. The van der Waals surface area contributed by atoms with Gasteiger partial charge >= 0.3 is 0 Å². The molecule has 1 heterocycles. The molecule has 0 bridgehead atoms. The molecule has 1 aromatic rings. The molecule has 0 fully saturated rings. The van der Waals surface area contributed by atoms with Crippen LogP contribution in [0, 0.1) is 0 Å². The third-order valence-corrected chi connectivity index (χ3v) is 2.33. The van der Waals surface area contributed by atoms with E-state index in [1.807, 2.05) is 0 Å². The highest BCUT2D eigenvalue weighted by Crippen LogP contribution is 2.15. The second-order valence-corrected chi connectivity index (χ2v) is 3.79. The average Bonchev–Trinajstić information content (AvgIpc) is 2.35. The van der Waals surface area contributed by atoms with E-state index >= 15 is 0 Å². The lowest BCUT2D eigenvalue weighted by atomic mass is 10.2. The van der Waals surface area contributed by atoms with Gasteiger partial charge in [-0.25, -0.2) is 4.98 Å². The molecule has 1 unspecified atom stereocenters. The van der Waals surface area contributed by atoms with E-state index in [9.17, 15) is 4.79 Å². The van der Waals surface area contributed by atoms with Gasteiger partial charge < -0.3 is 15.2 Å². The van der Waals surface area contributed by atoms with Gasteiger partial charge in [-0.2, -0.15) is 4.98 Å². The third-order valence-electron chi connectivity index (χ3n) is 2.14. The molecule has 0 aliphatic rings. The average molecular weight is 275 g/mol. The van der Waals surface area contributed by atoms with Crippen LogP contribution in [-0.4, -0.2) is 42.7 Å². The maximum Gasteiger partial charge on any atom is 0.234 e. The second-order valence-electron chi connectivity index (χ2n) is 3.40. The lowest BCUT2D eigenvalue weighted by Gasteiger charge is -2.12. The van der Waals surface area contributed by atoms with Gasteiger partial charge in [-0.15, -0.1) is 0 Å². The van der Waals surface area contributed by atoms with Crippen molar-refractivity contribution in [2.45, 2.75) is 12.5 Å². The van der Waals surface area contributed by atoms with Crippen LogP contribution in [0.1, 0.15) is 6.42 Å². The minimum absolute atomic E-state index is 0.0798. The van der Waals surface area contributed by atoms with Crippen LogP contribution in [-0.2, 0) is 9.53 Å². The summed E-state index contributed by atoms with van der Waals surface area (Å²) in [4.78, 5) is 19.4. The number of halogens is 1. The Morgan fingerprint density at radius 2 is 2.28 bits per heavy atom. The predicted octanol–water partition coefficient (Wildman–Crippen LogP) is 0.441.